The number of amides is 3. The summed E-state index contributed by atoms with van der Waals surface area (Å²) in [5.74, 6) is -0.893. The molecule has 1 rings (SSSR count). The van der Waals surface area contributed by atoms with E-state index < -0.39 is 23.6 Å². The van der Waals surface area contributed by atoms with Gasteiger partial charge in [-0.15, -0.1) is 19.7 Å². The smallest absolute Gasteiger partial charge is 0.408 e. The molecule has 1 aliphatic heterocycles. The summed E-state index contributed by atoms with van der Waals surface area (Å²) in [5, 5.41) is 2.41. The second-order valence-corrected chi connectivity index (χ2v) is 8.72. The summed E-state index contributed by atoms with van der Waals surface area (Å²) in [6.07, 6.45) is 4.77. The standard InChI is InChI=1S/C16H27N3O4.2C3H8.C2H6.C2H4.2H2/c1-6-7-16(5)8-11(13(17)21)19(10-16)12(20)9-18-14(22)23-15(2,3)4;2*1-3-2;2*1-2;;/h6,11H,1,7-10H2,2-5H3,(H2,17,21)(H,18,22);2*3H2,1-2H3;1-2H3;1-2H2;2*1H/t11-,16+;;;;;;/m0....../s1. The van der Waals surface area contributed by atoms with Gasteiger partial charge in [0.05, 0.1) is 0 Å². The van der Waals surface area contributed by atoms with E-state index in [-0.39, 0.29) is 20.7 Å². The van der Waals surface area contributed by atoms with Gasteiger partial charge in [-0.05, 0) is 39.0 Å². The third kappa shape index (κ3) is 20.1. The van der Waals surface area contributed by atoms with E-state index in [0.29, 0.717) is 19.4 Å². The quantitative estimate of drug-likeness (QED) is 0.453. The average Bonchev–Trinajstić information content (AvgIpc) is 3.07. The lowest BCUT2D eigenvalue weighted by Gasteiger charge is -2.24. The fourth-order valence-electron chi connectivity index (χ4n) is 2.74. The number of hydrogen-bond donors (Lipinski definition) is 2. The summed E-state index contributed by atoms with van der Waals surface area (Å²) in [5.41, 5.74) is 4.54. The highest BCUT2D eigenvalue weighted by Gasteiger charge is 2.44. The first-order chi connectivity index (χ1) is 15.3. The molecular formula is C26H57N3O4. The molecule has 33 heavy (non-hydrogen) atoms. The second-order valence-electron chi connectivity index (χ2n) is 8.72. The molecule has 7 heteroatoms. The van der Waals surface area contributed by atoms with Crippen LogP contribution in [0.15, 0.2) is 25.8 Å². The van der Waals surface area contributed by atoms with Gasteiger partial charge in [-0.3, -0.25) is 9.59 Å². The predicted molar refractivity (Wildman–Crippen MR) is 145 cm³/mol. The summed E-state index contributed by atoms with van der Waals surface area (Å²) in [4.78, 5) is 37.0. The van der Waals surface area contributed by atoms with Crippen molar-refractivity contribution in [1.29, 1.82) is 0 Å². The number of carbonyl (C=O) groups excluding carboxylic acids is 3. The van der Waals surface area contributed by atoms with Crippen molar-refractivity contribution in [3.63, 3.8) is 0 Å². The first-order valence-corrected chi connectivity index (χ1v) is 12.0. The number of ether oxygens (including phenoxy) is 1. The Hall–Kier alpha value is -2.31. The van der Waals surface area contributed by atoms with Gasteiger partial charge in [0.1, 0.15) is 18.2 Å². The Morgan fingerprint density at radius 2 is 1.58 bits per heavy atom. The van der Waals surface area contributed by atoms with Crippen LogP contribution in [-0.4, -0.2) is 47.5 Å². The minimum Gasteiger partial charge on any atom is -0.444 e. The molecule has 0 radical (unpaired) electrons. The molecule has 3 amide bonds. The topological polar surface area (TPSA) is 102 Å². The maximum absolute atomic E-state index is 12.3. The Kier molecular flexibility index (Phi) is 24.8. The molecule has 3 N–H and O–H groups in total. The van der Waals surface area contributed by atoms with Crippen LogP contribution < -0.4 is 11.1 Å². The molecule has 1 aliphatic rings. The third-order valence-electron chi connectivity index (χ3n) is 3.68. The fourth-order valence-corrected chi connectivity index (χ4v) is 2.74. The van der Waals surface area contributed by atoms with Gasteiger partial charge in [0.25, 0.3) is 0 Å². The van der Waals surface area contributed by atoms with Gasteiger partial charge in [0.15, 0.2) is 0 Å². The van der Waals surface area contributed by atoms with Gasteiger partial charge in [0.2, 0.25) is 11.8 Å². The Labute approximate surface area is 207 Å². The van der Waals surface area contributed by atoms with Gasteiger partial charge >= 0.3 is 6.09 Å². The number of hydrogen-bond acceptors (Lipinski definition) is 4. The molecule has 0 aromatic heterocycles. The molecule has 0 saturated carbocycles. The van der Waals surface area contributed by atoms with Gasteiger partial charge in [0, 0.05) is 9.40 Å². The van der Waals surface area contributed by atoms with Crippen LogP contribution in [0.2, 0.25) is 0 Å². The summed E-state index contributed by atoms with van der Waals surface area (Å²) < 4.78 is 5.08. The van der Waals surface area contributed by atoms with Crippen LogP contribution in [0.25, 0.3) is 0 Å². The number of rotatable bonds is 5. The molecule has 1 heterocycles. The molecule has 0 spiro atoms. The summed E-state index contributed by atoms with van der Waals surface area (Å²) in [6.45, 7) is 29.6. The van der Waals surface area contributed by atoms with Gasteiger partial charge in [-0.25, -0.2) is 4.79 Å². The van der Waals surface area contributed by atoms with E-state index >= 15 is 0 Å². The summed E-state index contributed by atoms with van der Waals surface area (Å²) >= 11 is 0. The van der Waals surface area contributed by atoms with Crippen LogP contribution in [-0.2, 0) is 14.3 Å². The number of alkyl carbamates (subject to hydrolysis) is 1. The number of likely N-dealkylation sites (tertiary alicyclic amines) is 1. The lowest BCUT2D eigenvalue weighted by molar-refractivity contribution is -0.136. The average molecular weight is 476 g/mol. The zero-order valence-corrected chi connectivity index (χ0v) is 23.2. The molecule has 1 saturated heterocycles. The first-order valence-electron chi connectivity index (χ1n) is 12.0. The molecule has 0 unspecified atom stereocenters. The number of nitrogens with two attached hydrogens (primary N) is 1. The highest BCUT2D eigenvalue weighted by Crippen LogP contribution is 2.37. The lowest BCUT2D eigenvalue weighted by atomic mass is 9.84. The Bertz CT molecular complexity index is 553. The van der Waals surface area contributed by atoms with E-state index in [1.54, 1.807) is 26.8 Å². The van der Waals surface area contributed by atoms with Crippen molar-refractivity contribution in [3.05, 3.63) is 25.8 Å². The van der Waals surface area contributed by atoms with Gasteiger partial charge in [-0.2, -0.15) is 0 Å². The number of nitrogens with zero attached hydrogens (tertiary/aromatic N) is 1. The zero-order chi connectivity index (χ0) is 27.3. The molecule has 200 valence electrons. The van der Waals surface area contributed by atoms with E-state index in [2.05, 4.69) is 52.7 Å². The first kappa shape index (κ1) is 38.0. The van der Waals surface area contributed by atoms with Gasteiger partial charge < -0.3 is 20.7 Å². The predicted octanol–water partition coefficient (Wildman–Crippen LogP) is 6.33. The molecule has 2 atom stereocenters. The normalized spacial score (nSPS) is 18.2. The molecule has 0 aromatic rings. The highest BCUT2D eigenvalue weighted by molar-refractivity contribution is 5.89. The molecule has 0 aromatic carbocycles. The molecular weight excluding hydrogens is 418 g/mol. The van der Waals surface area contributed by atoms with Crippen molar-refractivity contribution >= 4 is 17.9 Å². The number of primary amides is 1. The number of allylic oxidation sites excluding steroid dienone is 1. The minimum absolute atomic E-state index is 0. The van der Waals surface area contributed by atoms with Crippen LogP contribution in [0.4, 0.5) is 4.79 Å². The van der Waals surface area contributed by atoms with Crippen LogP contribution in [0, 0.1) is 5.41 Å². The van der Waals surface area contributed by atoms with Crippen LogP contribution in [0.3, 0.4) is 0 Å². The Morgan fingerprint density at radius 1 is 1.15 bits per heavy atom. The van der Waals surface area contributed by atoms with Crippen molar-refractivity contribution in [1.82, 2.24) is 10.2 Å². The van der Waals surface area contributed by atoms with Crippen molar-refractivity contribution in [3.8, 4) is 0 Å². The van der Waals surface area contributed by atoms with Crippen LogP contribution in [0.1, 0.15) is 97.8 Å². The van der Waals surface area contributed by atoms with E-state index in [0.717, 1.165) is 0 Å². The van der Waals surface area contributed by atoms with Crippen molar-refractivity contribution in [2.24, 2.45) is 11.1 Å². The zero-order valence-electron chi connectivity index (χ0n) is 23.2. The lowest BCUT2D eigenvalue weighted by Crippen LogP contribution is -2.48. The van der Waals surface area contributed by atoms with Gasteiger partial charge in [-0.1, -0.05) is 67.4 Å². The van der Waals surface area contributed by atoms with E-state index in [9.17, 15) is 14.4 Å². The second kappa shape index (κ2) is 21.5. The van der Waals surface area contributed by atoms with Crippen LogP contribution in [0.5, 0.6) is 0 Å². The monoisotopic (exact) mass is 475 g/mol. The number of carbonyl (C=O) groups is 3. The maximum atomic E-state index is 12.3. The summed E-state index contributed by atoms with van der Waals surface area (Å²) in [7, 11) is 0. The third-order valence-corrected chi connectivity index (χ3v) is 3.68. The Balaban J connectivity index is -0.000000152. The van der Waals surface area contributed by atoms with E-state index in [1.807, 2.05) is 20.8 Å². The van der Waals surface area contributed by atoms with Crippen molar-refractivity contribution in [2.75, 3.05) is 13.1 Å². The molecule has 1 fully saturated rings. The van der Waals surface area contributed by atoms with E-state index in [1.165, 1.54) is 17.7 Å². The SMILES string of the molecule is C=C.C=CC[C@]1(C)C[C@@H](C(N)=O)N(C(=O)CNC(=O)OC(C)(C)C)C1.CC.CCC.CCC.[HH].[HH]. The minimum atomic E-state index is -0.672. The summed E-state index contributed by atoms with van der Waals surface area (Å²) in [6, 6.07) is -0.659. The molecule has 0 bridgehead atoms. The number of nitrogens with one attached hydrogen (secondary N) is 1. The molecule has 7 nitrogen and oxygen atoms in total. The Morgan fingerprint density at radius 3 is 1.91 bits per heavy atom. The van der Waals surface area contributed by atoms with Crippen LogP contribution >= 0.6 is 0 Å². The fraction of sp³-hybridized carbons (Fsp3) is 0.731. The molecule has 0 aliphatic carbocycles. The van der Waals surface area contributed by atoms with Crippen molar-refractivity contribution in [2.45, 2.75) is 107 Å². The van der Waals surface area contributed by atoms with E-state index in [4.69, 9.17) is 10.5 Å². The van der Waals surface area contributed by atoms with Crippen molar-refractivity contribution < 1.29 is 22.0 Å². The highest BCUT2D eigenvalue weighted by atomic mass is 16.6. The maximum Gasteiger partial charge on any atom is 0.408 e. The largest absolute Gasteiger partial charge is 0.444 e.